The van der Waals surface area contributed by atoms with Crippen LogP contribution in [0.1, 0.15) is 12.6 Å². The number of pyridine rings is 1. The lowest BCUT2D eigenvalue weighted by Gasteiger charge is -2.05. The van der Waals surface area contributed by atoms with E-state index in [-0.39, 0.29) is 0 Å². The second-order valence-corrected chi connectivity index (χ2v) is 5.22. The van der Waals surface area contributed by atoms with Crippen LogP contribution in [0, 0.1) is 0 Å². The van der Waals surface area contributed by atoms with E-state index in [0.717, 1.165) is 39.0 Å². The van der Waals surface area contributed by atoms with Crippen LogP contribution in [0.4, 0.5) is 0 Å². The van der Waals surface area contributed by atoms with Crippen molar-refractivity contribution in [3.8, 4) is 11.4 Å². The molecule has 4 nitrogen and oxygen atoms in total. The Morgan fingerprint density at radius 3 is 2.63 bits per heavy atom. The SMILES string of the molecule is CCc1nc(-c2ccncc2)nc2c1c(Br)cn2C. The van der Waals surface area contributed by atoms with E-state index in [0.29, 0.717) is 0 Å². The van der Waals surface area contributed by atoms with Crippen LogP contribution in [0.15, 0.2) is 35.2 Å². The summed E-state index contributed by atoms with van der Waals surface area (Å²) < 4.78 is 3.06. The van der Waals surface area contributed by atoms with Gasteiger partial charge in [-0.25, -0.2) is 9.97 Å². The standard InChI is InChI=1S/C14H13BrN4/c1-3-11-12-10(15)8-19(2)14(12)18-13(17-11)9-4-6-16-7-5-9/h4-8H,3H2,1-2H3. The van der Waals surface area contributed by atoms with Crippen molar-refractivity contribution in [2.24, 2.45) is 7.05 Å². The Balaban J connectivity index is 2.32. The van der Waals surface area contributed by atoms with Gasteiger partial charge >= 0.3 is 0 Å². The molecule has 0 bridgehead atoms. The third kappa shape index (κ3) is 2.04. The summed E-state index contributed by atoms with van der Waals surface area (Å²) in [6.07, 6.45) is 6.42. The first kappa shape index (κ1) is 12.3. The highest BCUT2D eigenvalue weighted by atomic mass is 79.9. The van der Waals surface area contributed by atoms with Crippen LogP contribution in [0.3, 0.4) is 0 Å². The van der Waals surface area contributed by atoms with E-state index in [4.69, 9.17) is 0 Å². The molecule has 0 amide bonds. The van der Waals surface area contributed by atoms with E-state index in [9.17, 15) is 0 Å². The Kier molecular flexibility index (Phi) is 3.06. The van der Waals surface area contributed by atoms with E-state index < -0.39 is 0 Å². The molecule has 3 aromatic heterocycles. The van der Waals surface area contributed by atoms with E-state index in [1.54, 1.807) is 12.4 Å². The van der Waals surface area contributed by atoms with Crippen molar-refractivity contribution in [3.05, 3.63) is 40.9 Å². The Morgan fingerprint density at radius 2 is 1.95 bits per heavy atom. The van der Waals surface area contributed by atoms with Gasteiger partial charge in [-0.15, -0.1) is 0 Å². The van der Waals surface area contributed by atoms with Crippen LogP contribution in [-0.2, 0) is 13.5 Å². The van der Waals surface area contributed by atoms with Gasteiger partial charge in [0.05, 0.1) is 11.1 Å². The Morgan fingerprint density at radius 1 is 1.21 bits per heavy atom. The lowest BCUT2D eigenvalue weighted by atomic mass is 10.2. The van der Waals surface area contributed by atoms with Gasteiger partial charge in [0.15, 0.2) is 5.82 Å². The molecule has 0 atom stereocenters. The van der Waals surface area contributed by atoms with Crippen molar-refractivity contribution in [1.29, 1.82) is 0 Å². The largest absolute Gasteiger partial charge is 0.334 e. The van der Waals surface area contributed by atoms with E-state index in [2.05, 4.69) is 37.8 Å². The van der Waals surface area contributed by atoms with Gasteiger partial charge in [-0.2, -0.15) is 0 Å². The number of nitrogens with zero attached hydrogens (tertiary/aromatic N) is 4. The number of rotatable bonds is 2. The number of fused-ring (bicyclic) bond motifs is 1. The summed E-state index contributed by atoms with van der Waals surface area (Å²) in [5.41, 5.74) is 3.00. The zero-order chi connectivity index (χ0) is 13.4. The first-order valence-corrected chi connectivity index (χ1v) is 6.92. The fourth-order valence-electron chi connectivity index (χ4n) is 2.18. The van der Waals surface area contributed by atoms with E-state index >= 15 is 0 Å². The minimum Gasteiger partial charge on any atom is -0.334 e. The van der Waals surface area contributed by atoms with Crippen molar-refractivity contribution < 1.29 is 0 Å². The molecule has 96 valence electrons. The van der Waals surface area contributed by atoms with Crippen LogP contribution in [0.5, 0.6) is 0 Å². The van der Waals surface area contributed by atoms with Crippen LogP contribution in [-0.4, -0.2) is 19.5 Å². The average Bonchev–Trinajstić information content (AvgIpc) is 2.74. The molecule has 0 fully saturated rings. The lowest BCUT2D eigenvalue weighted by molar-refractivity contribution is 0.936. The van der Waals surface area contributed by atoms with Gasteiger partial charge in [-0.1, -0.05) is 6.92 Å². The predicted octanol–water partition coefficient (Wildman–Crippen LogP) is 3.36. The lowest BCUT2D eigenvalue weighted by Crippen LogP contribution is -1.98. The summed E-state index contributed by atoms with van der Waals surface area (Å²) >= 11 is 3.58. The zero-order valence-electron chi connectivity index (χ0n) is 10.8. The second kappa shape index (κ2) is 4.74. The van der Waals surface area contributed by atoms with E-state index in [1.165, 1.54) is 0 Å². The smallest absolute Gasteiger partial charge is 0.161 e. The number of halogens is 1. The summed E-state index contributed by atoms with van der Waals surface area (Å²) in [4.78, 5) is 13.4. The van der Waals surface area contributed by atoms with Gasteiger partial charge < -0.3 is 4.57 Å². The molecule has 0 N–H and O–H groups in total. The Labute approximate surface area is 119 Å². The Bertz CT molecular complexity index is 734. The van der Waals surface area contributed by atoms with Gasteiger partial charge in [-0.05, 0) is 34.5 Å². The third-order valence-electron chi connectivity index (χ3n) is 3.12. The molecule has 0 aromatic carbocycles. The molecule has 0 spiro atoms. The molecular formula is C14H13BrN4. The molecule has 0 saturated carbocycles. The van der Waals surface area contributed by atoms with Crippen molar-refractivity contribution in [3.63, 3.8) is 0 Å². The van der Waals surface area contributed by atoms with Gasteiger partial charge in [0.25, 0.3) is 0 Å². The molecule has 3 heterocycles. The number of hydrogen-bond acceptors (Lipinski definition) is 3. The van der Waals surface area contributed by atoms with Crippen molar-refractivity contribution in [2.75, 3.05) is 0 Å². The predicted molar refractivity (Wildman–Crippen MR) is 78.8 cm³/mol. The first-order valence-electron chi connectivity index (χ1n) is 6.12. The van der Waals surface area contributed by atoms with Crippen LogP contribution < -0.4 is 0 Å². The number of aryl methyl sites for hydroxylation is 2. The van der Waals surface area contributed by atoms with Gasteiger partial charge in [0.1, 0.15) is 5.65 Å². The molecule has 3 rings (SSSR count). The topological polar surface area (TPSA) is 43.6 Å². The van der Waals surface area contributed by atoms with Crippen molar-refractivity contribution in [1.82, 2.24) is 19.5 Å². The molecule has 0 radical (unpaired) electrons. The molecule has 3 aromatic rings. The number of hydrogen-bond donors (Lipinski definition) is 0. The highest BCUT2D eigenvalue weighted by Crippen LogP contribution is 2.29. The van der Waals surface area contributed by atoms with Crippen LogP contribution in [0.25, 0.3) is 22.4 Å². The molecule has 5 heteroatoms. The maximum absolute atomic E-state index is 4.68. The Hall–Kier alpha value is -1.75. The van der Waals surface area contributed by atoms with E-state index in [1.807, 2.05) is 29.9 Å². The molecule has 0 aliphatic heterocycles. The summed E-state index contributed by atoms with van der Waals surface area (Å²) in [5.74, 6) is 0.750. The minimum atomic E-state index is 0.750. The minimum absolute atomic E-state index is 0.750. The zero-order valence-corrected chi connectivity index (χ0v) is 12.3. The normalized spacial score (nSPS) is 11.1. The first-order chi connectivity index (χ1) is 9.20. The fraction of sp³-hybridized carbons (Fsp3) is 0.214. The quantitative estimate of drug-likeness (QED) is 0.728. The second-order valence-electron chi connectivity index (χ2n) is 4.37. The maximum Gasteiger partial charge on any atom is 0.161 e. The monoisotopic (exact) mass is 316 g/mol. The molecule has 0 aliphatic carbocycles. The molecule has 0 saturated heterocycles. The molecular weight excluding hydrogens is 304 g/mol. The van der Waals surface area contributed by atoms with Crippen LogP contribution >= 0.6 is 15.9 Å². The average molecular weight is 317 g/mol. The molecule has 19 heavy (non-hydrogen) atoms. The molecule has 0 aliphatic rings. The maximum atomic E-state index is 4.68. The van der Waals surface area contributed by atoms with Gasteiger partial charge in [0.2, 0.25) is 0 Å². The summed E-state index contributed by atoms with van der Waals surface area (Å²) in [6, 6.07) is 3.86. The number of aromatic nitrogens is 4. The highest BCUT2D eigenvalue weighted by molar-refractivity contribution is 9.10. The third-order valence-corrected chi connectivity index (χ3v) is 3.72. The van der Waals surface area contributed by atoms with Crippen molar-refractivity contribution >= 4 is 27.0 Å². The molecule has 0 unspecified atom stereocenters. The fourth-order valence-corrected chi connectivity index (χ4v) is 2.89. The van der Waals surface area contributed by atoms with Gasteiger partial charge in [0, 0.05) is 35.7 Å². The summed E-state index contributed by atoms with van der Waals surface area (Å²) in [5, 5.41) is 1.10. The van der Waals surface area contributed by atoms with Crippen molar-refractivity contribution in [2.45, 2.75) is 13.3 Å². The summed E-state index contributed by atoms with van der Waals surface area (Å²) in [7, 11) is 2.00. The van der Waals surface area contributed by atoms with Gasteiger partial charge in [-0.3, -0.25) is 4.98 Å². The summed E-state index contributed by atoms with van der Waals surface area (Å²) in [6.45, 7) is 2.11. The van der Waals surface area contributed by atoms with Crippen LogP contribution in [0.2, 0.25) is 0 Å². The highest BCUT2D eigenvalue weighted by Gasteiger charge is 2.14.